The number of fused-ring (bicyclic) bond motifs is 3. The Balaban J connectivity index is 1.90. The first-order valence-electron chi connectivity index (χ1n) is 7.11. The third-order valence-corrected chi connectivity index (χ3v) is 4.29. The van der Waals surface area contributed by atoms with Crippen molar-refractivity contribution < 1.29 is 4.74 Å². The zero-order valence-corrected chi connectivity index (χ0v) is 11.5. The average molecular weight is 263 g/mol. The topological polar surface area (TPSA) is 12.5 Å². The van der Waals surface area contributed by atoms with Crippen LogP contribution in [-0.2, 0) is 0 Å². The van der Waals surface area contributed by atoms with Crippen LogP contribution in [0.4, 0.5) is 11.4 Å². The molecule has 0 amide bonds. The summed E-state index contributed by atoms with van der Waals surface area (Å²) in [7, 11) is 1.73. The lowest BCUT2D eigenvalue weighted by Crippen LogP contribution is -2.11. The molecule has 0 N–H and O–H groups in total. The Kier molecular flexibility index (Phi) is 2.56. The van der Waals surface area contributed by atoms with Crippen LogP contribution in [0.2, 0.25) is 0 Å². The lowest BCUT2D eigenvalue weighted by Gasteiger charge is -2.22. The number of ether oxygens (including phenoxy) is 1. The molecule has 0 spiro atoms. The molecular weight excluding hydrogens is 246 g/mol. The Hall–Kier alpha value is -2.22. The van der Waals surface area contributed by atoms with Gasteiger partial charge in [-0.15, -0.1) is 0 Å². The van der Waals surface area contributed by atoms with Crippen LogP contribution in [0.5, 0.6) is 5.75 Å². The second-order valence-electron chi connectivity index (χ2n) is 5.35. The third-order valence-electron chi connectivity index (χ3n) is 4.29. The number of para-hydroxylation sites is 1. The van der Waals surface area contributed by atoms with Crippen LogP contribution >= 0.6 is 0 Å². The second-order valence-corrected chi connectivity index (χ2v) is 5.35. The van der Waals surface area contributed by atoms with Crippen molar-refractivity contribution in [3.8, 4) is 5.75 Å². The summed E-state index contributed by atoms with van der Waals surface area (Å²) in [6.45, 7) is 0. The summed E-state index contributed by atoms with van der Waals surface area (Å²) in [6.07, 6.45) is 4.77. The summed E-state index contributed by atoms with van der Waals surface area (Å²) in [5.74, 6) is 1.47. The number of rotatable bonds is 2. The first-order valence-corrected chi connectivity index (χ1v) is 7.11. The van der Waals surface area contributed by atoms with Gasteiger partial charge in [0, 0.05) is 23.4 Å². The summed E-state index contributed by atoms with van der Waals surface area (Å²) in [5, 5.41) is 0. The van der Waals surface area contributed by atoms with E-state index in [0.29, 0.717) is 5.92 Å². The molecule has 2 aliphatic rings. The molecule has 0 saturated carbocycles. The number of benzene rings is 2. The molecule has 1 unspecified atom stereocenters. The molecule has 2 aromatic carbocycles. The number of anilines is 2. The van der Waals surface area contributed by atoms with E-state index >= 15 is 0 Å². The van der Waals surface area contributed by atoms with E-state index in [-0.39, 0.29) is 0 Å². The summed E-state index contributed by atoms with van der Waals surface area (Å²) < 4.78 is 5.40. The SMILES string of the molecule is COc1ccc2c(c1)N(c1ccccc1)C1=CCCC12. The van der Waals surface area contributed by atoms with Crippen LogP contribution in [0, 0.1) is 0 Å². The van der Waals surface area contributed by atoms with Gasteiger partial charge in [0.2, 0.25) is 0 Å². The van der Waals surface area contributed by atoms with Crippen molar-refractivity contribution in [1.82, 2.24) is 0 Å². The van der Waals surface area contributed by atoms with Crippen LogP contribution in [0.3, 0.4) is 0 Å². The van der Waals surface area contributed by atoms with Gasteiger partial charge in [0.15, 0.2) is 0 Å². The Morgan fingerprint density at radius 2 is 1.95 bits per heavy atom. The highest BCUT2D eigenvalue weighted by Gasteiger charge is 2.36. The molecule has 20 heavy (non-hydrogen) atoms. The predicted octanol–water partition coefficient (Wildman–Crippen LogP) is 4.61. The first kappa shape index (κ1) is 11.6. The number of nitrogens with zero attached hydrogens (tertiary/aromatic N) is 1. The molecule has 0 saturated heterocycles. The van der Waals surface area contributed by atoms with Gasteiger partial charge >= 0.3 is 0 Å². The molecule has 0 fully saturated rings. The van der Waals surface area contributed by atoms with E-state index in [1.807, 2.05) is 0 Å². The third kappa shape index (κ3) is 1.58. The van der Waals surface area contributed by atoms with Gasteiger partial charge in [-0.1, -0.05) is 30.3 Å². The smallest absolute Gasteiger partial charge is 0.120 e. The van der Waals surface area contributed by atoms with E-state index in [0.717, 1.165) is 5.75 Å². The molecule has 1 heterocycles. The molecule has 0 aromatic heterocycles. The molecule has 0 radical (unpaired) electrons. The average Bonchev–Trinajstić information content (AvgIpc) is 3.07. The standard InChI is InChI=1S/C18H17NO/c1-20-14-10-11-16-15-8-5-9-17(15)19(18(16)12-14)13-6-3-2-4-7-13/h2-4,6-7,9-12,15H,5,8H2,1H3. The van der Waals surface area contributed by atoms with Gasteiger partial charge < -0.3 is 9.64 Å². The van der Waals surface area contributed by atoms with Crippen molar-refractivity contribution >= 4 is 11.4 Å². The van der Waals surface area contributed by atoms with Gasteiger partial charge in [-0.2, -0.15) is 0 Å². The Bertz CT molecular complexity index is 675. The van der Waals surface area contributed by atoms with Crippen LogP contribution in [0.1, 0.15) is 24.3 Å². The van der Waals surface area contributed by atoms with Crippen LogP contribution in [0.25, 0.3) is 0 Å². The van der Waals surface area contributed by atoms with Crippen molar-refractivity contribution in [3.05, 3.63) is 65.9 Å². The normalized spacial score (nSPS) is 19.6. The molecule has 2 heteroatoms. The molecule has 0 bridgehead atoms. The second kappa shape index (κ2) is 4.41. The minimum atomic E-state index is 0.552. The van der Waals surface area contributed by atoms with E-state index in [1.165, 1.54) is 35.5 Å². The quantitative estimate of drug-likeness (QED) is 0.784. The minimum absolute atomic E-state index is 0.552. The zero-order chi connectivity index (χ0) is 13.5. The highest BCUT2D eigenvalue weighted by molar-refractivity contribution is 5.79. The van der Waals surface area contributed by atoms with E-state index < -0.39 is 0 Å². The van der Waals surface area contributed by atoms with Crippen LogP contribution < -0.4 is 9.64 Å². The van der Waals surface area contributed by atoms with Crippen LogP contribution in [0.15, 0.2) is 60.3 Å². The highest BCUT2D eigenvalue weighted by Crippen LogP contribution is 2.53. The molecule has 100 valence electrons. The van der Waals surface area contributed by atoms with E-state index in [1.54, 1.807) is 7.11 Å². The maximum absolute atomic E-state index is 5.40. The summed E-state index contributed by atoms with van der Waals surface area (Å²) in [4.78, 5) is 2.38. The predicted molar refractivity (Wildman–Crippen MR) is 81.6 cm³/mol. The number of allylic oxidation sites excluding steroid dienone is 2. The molecule has 4 rings (SSSR count). The lowest BCUT2D eigenvalue weighted by molar-refractivity contribution is 0.415. The monoisotopic (exact) mass is 263 g/mol. The molecule has 1 atom stereocenters. The summed E-state index contributed by atoms with van der Waals surface area (Å²) in [6, 6.07) is 17.0. The molecule has 2 nitrogen and oxygen atoms in total. The molecular formula is C18H17NO. The molecule has 2 aromatic rings. The highest BCUT2D eigenvalue weighted by atomic mass is 16.5. The van der Waals surface area contributed by atoms with Gasteiger partial charge in [-0.3, -0.25) is 0 Å². The van der Waals surface area contributed by atoms with E-state index in [4.69, 9.17) is 4.74 Å². The van der Waals surface area contributed by atoms with Gasteiger partial charge in [0.25, 0.3) is 0 Å². The van der Waals surface area contributed by atoms with Gasteiger partial charge in [-0.25, -0.2) is 0 Å². The van der Waals surface area contributed by atoms with E-state index in [9.17, 15) is 0 Å². The Morgan fingerprint density at radius 3 is 2.75 bits per heavy atom. The summed E-state index contributed by atoms with van der Waals surface area (Å²) in [5.41, 5.74) is 5.36. The van der Waals surface area contributed by atoms with Crippen molar-refractivity contribution in [2.24, 2.45) is 0 Å². The van der Waals surface area contributed by atoms with Gasteiger partial charge in [-0.05, 0) is 36.6 Å². The summed E-state index contributed by atoms with van der Waals surface area (Å²) >= 11 is 0. The fourth-order valence-corrected chi connectivity index (χ4v) is 3.39. The fourth-order valence-electron chi connectivity index (χ4n) is 3.39. The molecule has 1 aliphatic heterocycles. The largest absolute Gasteiger partial charge is 0.497 e. The molecule has 1 aliphatic carbocycles. The van der Waals surface area contributed by atoms with Gasteiger partial charge in [0.05, 0.1) is 12.8 Å². The lowest BCUT2D eigenvalue weighted by atomic mass is 9.99. The number of hydrogen-bond acceptors (Lipinski definition) is 2. The van der Waals surface area contributed by atoms with Crippen molar-refractivity contribution in [1.29, 1.82) is 0 Å². The maximum Gasteiger partial charge on any atom is 0.120 e. The fraction of sp³-hybridized carbons (Fsp3) is 0.222. The maximum atomic E-state index is 5.40. The zero-order valence-electron chi connectivity index (χ0n) is 11.5. The van der Waals surface area contributed by atoms with Crippen molar-refractivity contribution in [2.75, 3.05) is 12.0 Å². The van der Waals surface area contributed by atoms with Gasteiger partial charge in [0.1, 0.15) is 5.75 Å². The van der Waals surface area contributed by atoms with E-state index in [2.05, 4.69) is 59.5 Å². The number of hydrogen-bond donors (Lipinski definition) is 0. The van der Waals surface area contributed by atoms with Crippen molar-refractivity contribution in [2.45, 2.75) is 18.8 Å². The minimum Gasteiger partial charge on any atom is -0.497 e. The number of methoxy groups -OCH3 is 1. The first-order chi connectivity index (χ1) is 9.88. The van der Waals surface area contributed by atoms with Crippen molar-refractivity contribution in [3.63, 3.8) is 0 Å². The van der Waals surface area contributed by atoms with Crippen LogP contribution in [-0.4, -0.2) is 7.11 Å². The Morgan fingerprint density at radius 1 is 1.10 bits per heavy atom. The Labute approximate surface area is 119 Å².